The van der Waals surface area contributed by atoms with Crippen LogP contribution in [-0.2, 0) is 4.74 Å². The molecule has 0 aliphatic rings. The Hall–Kier alpha value is -1.62. The summed E-state index contributed by atoms with van der Waals surface area (Å²) in [5.41, 5.74) is 2.61. The molecule has 5 heteroatoms. The first-order valence-corrected chi connectivity index (χ1v) is 5.63. The molecular weight excluding hydrogens is 226 g/mol. The summed E-state index contributed by atoms with van der Waals surface area (Å²) in [5, 5.41) is 1.80. The van der Waals surface area contributed by atoms with E-state index in [2.05, 4.69) is 9.72 Å². The number of methoxy groups -OCH3 is 1. The van der Waals surface area contributed by atoms with E-state index in [1.165, 1.54) is 25.4 Å². The average Bonchev–Trinajstić information content (AvgIpc) is 2.78. The van der Waals surface area contributed by atoms with E-state index in [9.17, 15) is 9.59 Å². The van der Waals surface area contributed by atoms with Crippen LogP contribution in [0.25, 0.3) is 10.2 Å². The predicted molar refractivity (Wildman–Crippen MR) is 62.3 cm³/mol. The smallest absolute Gasteiger partial charge is 0.354 e. The first-order chi connectivity index (χ1) is 7.56. The molecule has 4 nitrogen and oxygen atoms in total. The lowest BCUT2D eigenvalue weighted by atomic mass is 10.2. The standard InChI is InChI=1S/C11H11NO3S/c1-5-8(11(14)15-3)12-9-7(6(2)13)4-16-10(5)9/h4,12H,1-3H3. The molecule has 2 rings (SSSR count). The fourth-order valence-corrected chi connectivity index (χ4v) is 2.73. The van der Waals surface area contributed by atoms with Crippen LogP contribution in [0, 0.1) is 6.92 Å². The number of ketones is 1. The molecule has 0 saturated carbocycles. The average molecular weight is 237 g/mol. The minimum atomic E-state index is -0.407. The largest absolute Gasteiger partial charge is 0.464 e. The third-order valence-electron chi connectivity index (χ3n) is 2.53. The lowest BCUT2D eigenvalue weighted by Gasteiger charge is -1.96. The normalized spacial score (nSPS) is 10.7. The quantitative estimate of drug-likeness (QED) is 0.645. The van der Waals surface area contributed by atoms with Crippen molar-refractivity contribution in [2.45, 2.75) is 13.8 Å². The number of aromatic amines is 1. The highest BCUT2D eigenvalue weighted by molar-refractivity contribution is 7.17. The molecule has 2 aromatic rings. The first kappa shape index (κ1) is 10.9. The number of fused-ring (bicyclic) bond motifs is 1. The molecule has 0 fully saturated rings. The lowest BCUT2D eigenvalue weighted by molar-refractivity contribution is 0.0594. The molecule has 0 bridgehead atoms. The van der Waals surface area contributed by atoms with Crippen molar-refractivity contribution in [2.24, 2.45) is 0 Å². The predicted octanol–water partition coefficient (Wildman–Crippen LogP) is 2.53. The second kappa shape index (κ2) is 3.75. The van der Waals surface area contributed by atoms with Crippen molar-refractivity contribution in [3.05, 3.63) is 22.2 Å². The Morgan fingerprint density at radius 3 is 2.69 bits per heavy atom. The summed E-state index contributed by atoms with van der Waals surface area (Å²) in [5.74, 6) is -0.417. The van der Waals surface area contributed by atoms with Gasteiger partial charge in [-0.1, -0.05) is 0 Å². The summed E-state index contributed by atoms with van der Waals surface area (Å²) < 4.78 is 5.60. The van der Waals surface area contributed by atoms with Crippen LogP contribution in [0.3, 0.4) is 0 Å². The van der Waals surface area contributed by atoms with E-state index in [4.69, 9.17) is 0 Å². The molecule has 0 saturated heterocycles. The summed E-state index contributed by atoms with van der Waals surface area (Å²) in [4.78, 5) is 25.8. The highest BCUT2D eigenvalue weighted by atomic mass is 32.1. The van der Waals surface area contributed by atoms with Gasteiger partial charge in [-0.15, -0.1) is 11.3 Å². The molecule has 1 N–H and O–H groups in total. The van der Waals surface area contributed by atoms with Crippen LogP contribution >= 0.6 is 11.3 Å². The molecule has 16 heavy (non-hydrogen) atoms. The number of esters is 1. The number of hydrogen-bond donors (Lipinski definition) is 1. The fourth-order valence-electron chi connectivity index (χ4n) is 1.66. The van der Waals surface area contributed by atoms with Gasteiger partial charge in [0.05, 0.1) is 22.9 Å². The summed E-state index contributed by atoms with van der Waals surface area (Å²) in [6.45, 7) is 3.35. The molecule has 84 valence electrons. The zero-order valence-corrected chi connectivity index (χ0v) is 10.0. The highest BCUT2D eigenvalue weighted by Gasteiger charge is 2.19. The topological polar surface area (TPSA) is 59.2 Å². The number of rotatable bonds is 2. The molecule has 2 aromatic heterocycles. The van der Waals surface area contributed by atoms with Gasteiger partial charge in [-0.25, -0.2) is 4.79 Å². The number of aromatic nitrogens is 1. The van der Waals surface area contributed by atoms with Gasteiger partial charge in [0, 0.05) is 5.38 Å². The van der Waals surface area contributed by atoms with Crippen LogP contribution < -0.4 is 0 Å². The van der Waals surface area contributed by atoms with Gasteiger partial charge in [-0.2, -0.15) is 0 Å². The van der Waals surface area contributed by atoms with Crippen LogP contribution in [0.4, 0.5) is 0 Å². The van der Waals surface area contributed by atoms with Crippen molar-refractivity contribution < 1.29 is 14.3 Å². The first-order valence-electron chi connectivity index (χ1n) is 4.75. The van der Waals surface area contributed by atoms with Crippen molar-refractivity contribution in [3.8, 4) is 0 Å². The zero-order valence-electron chi connectivity index (χ0n) is 9.21. The Morgan fingerprint density at radius 1 is 1.44 bits per heavy atom. The number of hydrogen-bond acceptors (Lipinski definition) is 4. The van der Waals surface area contributed by atoms with Gasteiger partial charge in [0.1, 0.15) is 5.69 Å². The van der Waals surface area contributed by atoms with Crippen molar-refractivity contribution in [1.29, 1.82) is 0 Å². The van der Waals surface area contributed by atoms with E-state index in [0.29, 0.717) is 11.3 Å². The van der Waals surface area contributed by atoms with E-state index in [0.717, 1.165) is 15.8 Å². The van der Waals surface area contributed by atoms with E-state index in [-0.39, 0.29) is 5.78 Å². The number of nitrogens with one attached hydrogen (secondary N) is 1. The number of thiophene rings is 1. The van der Waals surface area contributed by atoms with E-state index in [1.54, 1.807) is 5.38 Å². The van der Waals surface area contributed by atoms with Crippen LogP contribution in [-0.4, -0.2) is 23.8 Å². The zero-order chi connectivity index (χ0) is 11.9. The number of H-pyrrole nitrogens is 1. The molecule has 0 unspecified atom stereocenters. The van der Waals surface area contributed by atoms with Gasteiger partial charge in [-0.05, 0) is 19.4 Å². The maximum atomic E-state index is 11.4. The number of aryl methyl sites for hydroxylation is 1. The van der Waals surface area contributed by atoms with Crippen LogP contribution in [0.15, 0.2) is 5.38 Å². The third kappa shape index (κ3) is 1.44. The summed E-state index contributed by atoms with van der Waals surface area (Å²) >= 11 is 1.46. The van der Waals surface area contributed by atoms with Crippen LogP contribution in [0.5, 0.6) is 0 Å². The highest BCUT2D eigenvalue weighted by Crippen LogP contribution is 2.31. The van der Waals surface area contributed by atoms with Gasteiger partial charge < -0.3 is 9.72 Å². The van der Waals surface area contributed by atoms with E-state index >= 15 is 0 Å². The molecule has 2 heterocycles. The lowest BCUT2D eigenvalue weighted by Crippen LogP contribution is -2.03. The van der Waals surface area contributed by atoms with Crippen LogP contribution in [0.2, 0.25) is 0 Å². The van der Waals surface area contributed by atoms with E-state index in [1.807, 2.05) is 6.92 Å². The maximum Gasteiger partial charge on any atom is 0.354 e. The summed E-state index contributed by atoms with van der Waals surface area (Å²) in [6.07, 6.45) is 0. The number of ether oxygens (including phenoxy) is 1. The Labute approximate surface area is 96.2 Å². The molecule has 0 amide bonds. The van der Waals surface area contributed by atoms with Gasteiger partial charge >= 0.3 is 5.97 Å². The summed E-state index contributed by atoms with van der Waals surface area (Å²) in [7, 11) is 1.34. The minimum Gasteiger partial charge on any atom is -0.464 e. The summed E-state index contributed by atoms with van der Waals surface area (Å²) in [6, 6.07) is 0. The number of carbonyl (C=O) groups excluding carboxylic acids is 2. The molecule has 0 aromatic carbocycles. The Kier molecular flexibility index (Phi) is 2.55. The monoisotopic (exact) mass is 237 g/mol. The SMILES string of the molecule is COC(=O)c1[nH]c2c(C(C)=O)csc2c1C. The van der Waals surface area contributed by atoms with Gasteiger partial charge in [0.25, 0.3) is 0 Å². The second-order valence-electron chi connectivity index (χ2n) is 3.53. The Morgan fingerprint density at radius 2 is 2.12 bits per heavy atom. The van der Waals surface area contributed by atoms with Crippen LogP contribution in [0.1, 0.15) is 33.3 Å². The second-order valence-corrected chi connectivity index (χ2v) is 4.41. The van der Waals surface area contributed by atoms with Crippen molar-refractivity contribution in [2.75, 3.05) is 7.11 Å². The van der Waals surface area contributed by atoms with Gasteiger partial charge in [-0.3, -0.25) is 4.79 Å². The Bertz CT molecular complexity index is 579. The van der Waals surface area contributed by atoms with Crippen molar-refractivity contribution >= 4 is 33.3 Å². The van der Waals surface area contributed by atoms with Gasteiger partial charge in [0.15, 0.2) is 5.78 Å². The van der Waals surface area contributed by atoms with Gasteiger partial charge in [0.2, 0.25) is 0 Å². The molecule has 0 spiro atoms. The maximum absolute atomic E-state index is 11.4. The van der Waals surface area contributed by atoms with Crippen molar-refractivity contribution in [1.82, 2.24) is 4.98 Å². The molecule has 0 aliphatic carbocycles. The Balaban J connectivity index is 2.69. The van der Waals surface area contributed by atoms with Crippen molar-refractivity contribution in [3.63, 3.8) is 0 Å². The third-order valence-corrected chi connectivity index (χ3v) is 3.63. The molecular formula is C11H11NO3S. The molecule has 0 aliphatic heterocycles. The van der Waals surface area contributed by atoms with E-state index < -0.39 is 5.97 Å². The number of carbonyl (C=O) groups is 2. The molecule has 0 radical (unpaired) electrons. The molecule has 0 atom stereocenters. The number of Topliss-reactive ketones (excluding diaryl/α,β-unsaturated/α-hetero) is 1. The fraction of sp³-hybridized carbons (Fsp3) is 0.273. The minimum absolute atomic E-state index is 0.0103.